The maximum absolute atomic E-state index is 14.1. The summed E-state index contributed by atoms with van der Waals surface area (Å²) < 4.78 is 33.0. The Labute approximate surface area is 226 Å². The van der Waals surface area contributed by atoms with Crippen molar-refractivity contribution in [1.82, 2.24) is 29.4 Å². The summed E-state index contributed by atoms with van der Waals surface area (Å²) in [7, 11) is 0. The molecule has 0 atom stereocenters. The minimum Gasteiger partial charge on any atom is -0.378 e. The zero-order valence-electron chi connectivity index (χ0n) is 19.8. The van der Waals surface area contributed by atoms with Gasteiger partial charge in [-0.15, -0.1) is 0 Å². The Balaban J connectivity index is 1.56. The number of para-hydroxylation sites is 1. The molecule has 0 N–H and O–H groups in total. The third kappa shape index (κ3) is 5.25. The van der Waals surface area contributed by atoms with Crippen LogP contribution in [0, 0.1) is 6.92 Å². The molecule has 1 amide bonds. The first kappa shape index (κ1) is 26.1. The number of anilines is 2. The normalized spacial score (nSPS) is 17.2. The second-order valence-corrected chi connectivity index (χ2v) is 10.9. The van der Waals surface area contributed by atoms with Crippen LogP contribution in [0.25, 0.3) is 17.0 Å². The van der Waals surface area contributed by atoms with Crippen LogP contribution in [0.15, 0.2) is 18.2 Å². The summed E-state index contributed by atoms with van der Waals surface area (Å²) in [6, 6.07) is 5.29. The average molecular weight is 576 g/mol. The summed E-state index contributed by atoms with van der Waals surface area (Å²) in [4.78, 5) is 35.6. The number of aryl methyl sites for hydroxylation is 1. The monoisotopic (exact) mass is 574 g/mol. The highest BCUT2D eigenvalue weighted by atomic mass is 35.6. The van der Waals surface area contributed by atoms with E-state index in [1.54, 1.807) is 12.1 Å². The van der Waals surface area contributed by atoms with Crippen LogP contribution >= 0.6 is 34.8 Å². The van der Waals surface area contributed by atoms with Gasteiger partial charge in [0.2, 0.25) is 17.8 Å². The minimum absolute atomic E-state index is 0.0367. The predicted molar refractivity (Wildman–Crippen MR) is 136 cm³/mol. The van der Waals surface area contributed by atoms with Crippen LogP contribution in [0.3, 0.4) is 0 Å². The summed E-state index contributed by atoms with van der Waals surface area (Å²) >= 11 is 17.3. The van der Waals surface area contributed by atoms with E-state index in [0.29, 0.717) is 62.3 Å². The van der Waals surface area contributed by atoms with Crippen molar-refractivity contribution in [1.29, 1.82) is 0 Å². The average Bonchev–Trinajstić information content (AvgIpc) is 3.30. The van der Waals surface area contributed by atoms with Crippen LogP contribution in [0.5, 0.6) is 0 Å². The van der Waals surface area contributed by atoms with Gasteiger partial charge in [-0.25, -0.2) is 13.8 Å². The minimum atomic E-state index is -2.85. The van der Waals surface area contributed by atoms with Crippen molar-refractivity contribution >= 4 is 63.6 Å². The van der Waals surface area contributed by atoms with Crippen LogP contribution in [-0.4, -0.2) is 91.6 Å². The Hall–Kier alpha value is -2.54. The van der Waals surface area contributed by atoms with Crippen LogP contribution in [-0.2, 0) is 9.53 Å². The van der Waals surface area contributed by atoms with E-state index in [1.807, 2.05) is 22.8 Å². The molecule has 0 spiro atoms. The number of ether oxygens (including phenoxy) is 1. The van der Waals surface area contributed by atoms with Crippen molar-refractivity contribution in [2.24, 2.45) is 0 Å². The van der Waals surface area contributed by atoms with Gasteiger partial charge in [-0.2, -0.15) is 15.0 Å². The third-order valence-electron chi connectivity index (χ3n) is 6.29. The zero-order valence-corrected chi connectivity index (χ0v) is 22.0. The number of aromatic nitrogens is 5. The van der Waals surface area contributed by atoms with Gasteiger partial charge < -0.3 is 19.4 Å². The maximum Gasteiger partial charge on any atom is 0.296 e. The van der Waals surface area contributed by atoms with Crippen molar-refractivity contribution in [3.05, 3.63) is 29.6 Å². The van der Waals surface area contributed by atoms with Gasteiger partial charge in [0.1, 0.15) is 0 Å². The number of benzene rings is 1. The number of fused-ring (bicyclic) bond motifs is 1. The fourth-order valence-corrected chi connectivity index (χ4v) is 4.75. The molecule has 2 saturated heterocycles. The van der Waals surface area contributed by atoms with E-state index in [1.165, 1.54) is 9.47 Å². The molecule has 4 heterocycles. The van der Waals surface area contributed by atoms with Gasteiger partial charge in [0.05, 0.1) is 24.2 Å². The lowest BCUT2D eigenvalue weighted by Gasteiger charge is -2.36. The number of hydrogen-bond donors (Lipinski definition) is 0. The number of morpholine rings is 1. The quantitative estimate of drug-likeness (QED) is 0.438. The lowest BCUT2D eigenvalue weighted by atomic mass is 10.2. The van der Waals surface area contributed by atoms with Crippen molar-refractivity contribution in [2.45, 2.75) is 17.1 Å². The van der Waals surface area contributed by atoms with Crippen LogP contribution in [0.1, 0.15) is 17.8 Å². The van der Waals surface area contributed by atoms with Gasteiger partial charge in [-0.05, 0) is 18.6 Å². The van der Waals surface area contributed by atoms with Crippen LogP contribution in [0.2, 0.25) is 0 Å². The van der Waals surface area contributed by atoms with Gasteiger partial charge in [-0.1, -0.05) is 46.9 Å². The van der Waals surface area contributed by atoms with E-state index in [0.717, 1.165) is 5.56 Å². The summed E-state index contributed by atoms with van der Waals surface area (Å²) in [6.07, 6.45) is -2.85. The van der Waals surface area contributed by atoms with Crippen molar-refractivity contribution in [2.75, 3.05) is 62.3 Å². The van der Waals surface area contributed by atoms with E-state index >= 15 is 0 Å². The standard InChI is InChI=1S/C22H23Cl3F2N8O2/c1-13-3-2-4-14-15(13)28-17(16(26)27)35(14)21-30-19(29-20(31-21)34-9-11-37-12-10-34)33-7-5-32(6-8-33)18(36)22(23,24)25/h2-4,16H,5-12H2,1H3. The molecule has 10 nitrogen and oxygen atoms in total. The van der Waals surface area contributed by atoms with E-state index in [4.69, 9.17) is 39.5 Å². The molecule has 3 aromatic rings. The first-order chi connectivity index (χ1) is 17.6. The predicted octanol–water partition coefficient (Wildman–Crippen LogP) is 3.31. The lowest BCUT2D eigenvalue weighted by molar-refractivity contribution is -0.130. The summed E-state index contributed by atoms with van der Waals surface area (Å²) in [5, 5.41) is 0. The van der Waals surface area contributed by atoms with Gasteiger partial charge in [0, 0.05) is 39.3 Å². The first-order valence-electron chi connectivity index (χ1n) is 11.6. The van der Waals surface area contributed by atoms with Crippen LogP contribution in [0.4, 0.5) is 20.7 Å². The molecule has 0 bridgehead atoms. The Morgan fingerprint density at radius 1 is 0.919 bits per heavy atom. The molecule has 2 aromatic heterocycles. The molecule has 2 fully saturated rings. The second-order valence-electron chi connectivity index (χ2n) is 8.66. The maximum atomic E-state index is 14.1. The molecular formula is C22H23Cl3F2N8O2. The van der Waals surface area contributed by atoms with E-state index in [2.05, 4.69) is 19.9 Å². The molecule has 0 saturated carbocycles. The fraction of sp³-hybridized carbons (Fsp3) is 0.500. The molecule has 15 heteroatoms. The summed E-state index contributed by atoms with van der Waals surface area (Å²) in [6.45, 7) is 5.12. The van der Waals surface area contributed by atoms with Gasteiger partial charge >= 0.3 is 0 Å². The highest BCUT2D eigenvalue weighted by Crippen LogP contribution is 2.31. The van der Waals surface area contributed by atoms with E-state index in [9.17, 15) is 13.6 Å². The Kier molecular flexibility index (Phi) is 7.27. The van der Waals surface area contributed by atoms with Crippen molar-refractivity contribution in [3.63, 3.8) is 0 Å². The molecule has 0 aliphatic carbocycles. The molecule has 2 aliphatic heterocycles. The van der Waals surface area contributed by atoms with Crippen molar-refractivity contribution < 1.29 is 18.3 Å². The number of imidazole rings is 1. The number of carbonyl (C=O) groups is 1. The number of amides is 1. The van der Waals surface area contributed by atoms with Crippen molar-refractivity contribution in [3.8, 4) is 5.95 Å². The highest BCUT2D eigenvalue weighted by molar-refractivity contribution is 6.76. The Bertz CT molecular complexity index is 1310. The SMILES string of the molecule is Cc1cccc2c1nc(C(F)F)n2-c1nc(N2CCOCC2)nc(N2CCN(C(=O)C(Cl)(Cl)Cl)CC2)n1. The first-order valence-corrected chi connectivity index (χ1v) is 12.7. The lowest BCUT2D eigenvalue weighted by Crippen LogP contribution is -2.52. The van der Waals surface area contributed by atoms with Gasteiger partial charge in [0.25, 0.3) is 16.1 Å². The van der Waals surface area contributed by atoms with Gasteiger partial charge in [-0.3, -0.25) is 9.36 Å². The van der Waals surface area contributed by atoms with E-state index < -0.39 is 21.9 Å². The number of nitrogens with zero attached hydrogens (tertiary/aromatic N) is 8. The Morgan fingerprint density at radius 2 is 1.51 bits per heavy atom. The van der Waals surface area contributed by atoms with Gasteiger partial charge in [0.15, 0.2) is 5.82 Å². The molecule has 0 unspecified atom stereocenters. The Morgan fingerprint density at radius 3 is 2.11 bits per heavy atom. The van der Waals surface area contributed by atoms with Crippen LogP contribution < -0.4 is 9.80 Å². The number of halogens is 5. The van der Waals surface area contributed by atoms with E-state index in [-0.39, 0.29) is 19.0 Å². The topological polar surface area (TPSA) is 92.5 Å². The molecule has 1 aromatic carbocycles. The zero-order chi connectivity index (χ0) is 26.3. The second kappa shape index (κ2) is 10.3. The number of carbonyl (C=O) groups excluding carboxylic acids is 1. The highest BCUT2D eigenvalue weighted by Gasteiger charge is 2.37. The fourth-order valence-electron chi connectivity index (χ4n) is 4.39. The molecule has 2 aliphatic rings. The molecule has 0 radical (unpaired) electrons. The molecule has 37 heavy (non-hydrogen) atoms. The number of piperazine rings is 1. The molecular weight excluding hydrogens is 553 g/mol. The number of rotatable bonds is 4. The molecule has 5 rings (SSSR count). The number of alkyl halides is 5. The summed E-state index contributed by atoms with van der Waals surface area (Å²) in [5.41, 5.74) is 1.68. The smallest absolute Gasteiger partial charge is 0.296 e. The molecule has 198 valence electrons. The third-order valence-corrected chi connectivity index (χ3v) is 6.78. The number of hydrogen-bond acceptors (Lipinski definition) is 8. The largest absolute Gasteiger partial charge is 0.378 e. The summed E-state index contributed by atoms with van der Waals surface area (Å²) in [5.74, 6) is -0.383.